The van der Waals surface area contributed by atoms with E-state index in [2.05, 4.69) is 0 Å². The number of hydrogen-bond acceptors (Lipinski definition) is 6. The van der Waals surface area contributed by atoms with Gasteiger partial charge in [-0.2, -0.15) is 0 Å². The average Bonchev–Trinajstić information content (AvgIpc) is 3.20. The first-order chi connectivity index (χ1) is 19.2. The van der Waals surface area contributed by atoms with Crippen LogP contribution in [0.15, 0.2) is 72.8 Å². The number of para-hydroxylation sites is 1. The van der Waals surface area contributed by atoms with Crippen LogP contribution in [0.3, 0.4) is 0 Å². The molecule has 2 fully saturated rings. The van der Waals surface area contributed by atoms with Gasteiger partial charge in [0.05, 0.1) is 24.2 Å². The summed E-state index contributed by atoms with van der Waals surface area (Å²) >= 11 is 0. The predicted molar refractivity (Wildman–Crippen MR) is 148 cm³/mol. The molecule has 1 N–H and O–H groups in total. The smallest absolute Gasteiger partial charge is 0.313 e. The van der Waals surface area contributed by atoms with E-state index in [0.29, 0.717) is 6.42 Å². The fourth-order valence-corrected chi connectivity index (χ4v) is 7.26. The molecule has 1 spiro atoms. The molecule has 4 aliphatic rings. The molecule has 8 nitrogen and oxygen atoms in total. The van der Waals surface area contributed by atoms with Gasteiger partial charge >= 0.3 is 5.97 Å². The van der Waals surface area contributed by atoms with Crippen LogP contribution in [-0.2, 0) is 30.3 Å². The van der Waals surface area contributed by atoms with E-state index in [1.807, 2.05) is 74.5 Å². The van der Waals surface area contributed by atoms with Gasteiger partial charge in [-0.15, -0.1) is 0 Å². The van der Waals surface area contributed by atoms with Gasteiger partial charge in [0.1, 0.15) is 24.2 Å². The van der Waals surface area contributed by atoms with Gasteiger partial charge in [-0.1, -0.05) is 66.8 Å². The number of cyclic esters (lactones) is 1. The molecular weight excluding hydrogens is 508 g/mol. The predicted octanol–water partition coefficient (Wildman–Crippen LogP) is 2.89. The van der Waals surface area contributed by atoms with Gasteiger partial charge in [0.2, 0.25) is 5.91 Å². The maximum atomic E-state index is 14.8. The number of likely N-dealkylation sites (tertiary alicyclic amines) is 1. The Morgan fingerprint density at radius 3 is 2.38 bits per heavy atom. The summed E-state index contributed by atoms with van der Waals surface area (Å²) in [7, 11) is 0. The van der Waals surface area contributed by atoms with E-state index < -0.39 is 41.1 Å². The zero-order chi connectivity index (χ0) is 28.2. The molecule has 208 valence electrons. The highest BCUT2D eigenvalue weighted by molar-refractivity contribution is 6.06. The van der Waals surface area contributed by atoms with Crippen molar-refractivity contribution in [3.63, 3.8) is 0 Å². The summed E-state index contributed by atoms with van der Waals surface area (Å²) in [6.07, 6.45) is 7.52. The Balaban J connectivity index is 1.52. The van der Waals surface area contributed by atoms with Gasteiger partial charge in [-0.25, -0.2) is 0 Å². The number of ether oxygens (including phenoxy) is 2. The summed E-state index contributed by atoms with van der Waals surface area (Å²) in [6, 6.07) is 13.6. The Morgan fingerprint density at radius 2 is 1.68 bits per heavy atom. The minimum Gasteiger partial charge on any atom is -0.461 e. The number of nitrogens with zero attached hydrogens (tertiary/aromatic N) is 2. The molecule has 4 heterocycles. The van der Waals surface area contributed by atoms with Gasteiger partial charge in [0.25, 0.3) is 5.91 Å². The molecule has 6 atom stereocenters. The van der Waals surface area contributed by atoms with Gasteiger partial charge in [-0.05, 0) is 50.0 Å². The molecular formula is C32H34N2O6. The lowest BCUT2D eigenvalue weighted by Crippen LogP contribution is -2.59. The quantitative estimate of drug-likeness (QED) is 0.461. The number of aliphatic hydroxyl groups is 1. The van der Waals surface area contributed by atoms with E-state index in [0.717, 1.165) is 22.4 Å². The zero-order valence-corrected chi connectivity index (χ0v) is 22.9. The van der Waals surface area contributed by atoms with E-state index >= 15 is 0 Å². The van der Waals surface area contributed by atoms with Crippen molar-refractivity contribution in [1.29, 1.82) is 0 Å². The number of aliphatic hydroxyl groups excluding tert-OH is 1. The summed E-state index contributed by atoms with van der Waals surface area (Å²) in [5.41, 5.74) is 1.03. The van der Waals surface area contributed by atoms with Crippen molar-refractivity contribution in [3.05, 3.63) is 89.5 Å². The van der Waals surface area contributed by atoms with Crippen LogP contribution in [0.25, 0.3) is 0 Å². The van der Waals surface area contributed by atoms with Crippen LogP contribution in [0.4, 0.5) is 5.69 Å². The third-order valence-corrected chi connectivity index (χ3v) is 8.88. The maximum absolute atomic E-state index is 14.8. The van der Waals surface area contributed by atoms with E-state index in [9.17, 15) is 19.5 Å². The molecule has 1 unspecified atom stereocenters. The monoisotopic (exact) mass is 542 g/mol. The summed E-state index contributed by atoms with van der Waals surface area (Å²) in [5.74, 6) is -3.14. The van der Waals surface area contributed by atoms with Crippen LogP contribution in [0.1, 0.15) is 23.6 Å². The Bertz CT molecular complexity index is 1400. The highest BCUT2D eigenvalue weighted by atomic mass is 16.6. The van der Waals surface area contributed by atoms with E-state index in [-0.39, 0.29) is 31.6 Å². The number of carbonyl (C=O) groups is 3. The molecule has 0 bridgehead atoms. The van der Waals surface area contributed by atoms with Crippen molar-refractivity contribution in [2.75, 3.05) is 24.7 Å². The molecule has 0 radical (unpaired) electrons. The molecule has 8 heteroatoms. The molecule has 2 amide bonds. The SMILES string of the molecule is Cc1cccc(C)c1N1CC=C[C@]23O[C@@]4(C)C=CCOC(=O)[C@H]4[C@H]2C(=O)N([C@@H](CO)Cc2ccccc2)C3C1=O. The summed E-state index contributed by atoms with van der Waals surface area (Å²) < 4.78 is 12.3. The first-order valence-corrected chi connectivity index (χ1v) is 13.8. The molecule has 40 heavy (non-hydrogen) atoms. The van der Waals surface area contributed by atoms with E-state index in [1.165, 1.54) is 4.90 Å². The number of benzene rings is 2. The van der Waals surface area contributed by atoms with Crippen molar-refractivity contribution in [1.82, 2.24) is 4.90 Å². The lowest BCUT2D eigenvalue weighted by Gasteiger charge is -2.40. The Hall–Kier alpha value is -3.75. The first-order valence-electron chi connectivity index (χ1n) is 13.8. The maximum Gasteiger partial charge on any atom is 0.313 e. The van der Waals surface area contributed by atoms with E-state index in [4.69, 9.17) is 9.47 Å². The van der Waals surface area contributed by atoms with Crippen molar-refractivity contribution in [2.45, 2.75) is 50.5 Å². The van der Waals surface area contributed by atoms with Crippen LogP contribution in [0.2, 0.25) is 0 Å². The normalized spacial score (nSPS) is 31.8. The third kappa shape index (κ3) is 3.84. The van der Waals surface area contributed by atoms with Crippen molar-refractivity contribution in [3.8, 4) is 0 Å². The number of carbonyl (C=O) groups excluding carboxylic acids is 3. The molecule has 2 aromatic carbocycles. The van der Waals surface area contributed by atoms with Crippen LogP contribution in [0, 0.1) is 25.7 Å². The van der Waals surface area contributed by atoms with Crippen molar-refractivity contribution < 1.29 is 29.0 Å². The Labute approximate surface area is 233 Å². The van der Waals surface area contributed by atoms with Crippen molar-refractivity contribution >= 4 is 23.5 Å². The second-order valence-corrected chi connectivity index (χ2v) is 11.4. The number of rotatable bonds is 5. The molecule has 4 aliphatic heterocycles. The number of hydrogen-bond donors (Lipinski definition) is 1. The molecule has 0 aliphatic carbocycles. The third-order valence-electron chi connectivity index (χ3n) is 8.88. The second kappa shape index (κ2) is 9.71. The fraction of sp³-hybridized carbons (Fsp3) is 0.406. The number of anilines is 1. The van der Waals surface area contributed by atoms with Gasteiger partial charge in [0.15, 0.2) is 0 Å². The van der Waals surface area contributed by atoms with Gasteiger partial charge in [0, 0.05) is 12.2 Å². The first kappa shape index (κ1) is 26.5. The average molecular weight is 543 g/mol. The zero-order valence-electron chi connectivity index (χ0n) is 22.9. The molecule has 2 saturated heterocycles. The van der Waals surface area contributed by atoms with Crippen LogP contribution in [0.5, 0.6) is 0 Å². The molecule has 0 saturated carbocycles. The Kier molecular flexibility index (Phi) is 6.43. The number of fused-ring (bicyclic) bond motifs is 2. The lowest BCUT2D eigenvalue weighted by atomic mass is 9.75. The van der Waals surface area contributed by atoms with Crippen molar-refractivity contribution in [2.24, 2.45) is 11.8 Å². The topological polar surface area (TPSA) is 96.4 Å². The summed E-state index contributed by atoms with van der Waals surface area (Å²) in [5, 5.41) is 10.6. The summed E-state index contributed by atoms with van der Waals surface area (Å²) in [4.78, 5) is 45.8. The van der Waals surface area contributed by atoms with Crippen LogP contribution in [-0.4, -0.2) is 70.8 Å². The number of amides is 2. The fourth-order valence-electron chi connectivity index (χ4n) is 7.26. The second-order valence-electron chi connectivity index (χ2n) is 11.4. The van der Waals surface area contributed by atoms with Crippen LogP contribution < -0.4 is 4.90 Å². The minimum absolute atomic E-state index is 0.0950. The molecule has 0 aromatic heterocycles. The van der Waals surface area contributed by atoms with Crippen LogP contribution >= 0.6 is 0 Å². The highest BCUT2D eigenvalue weighted by Crippen LogP contribution is 2.58. The van der Waals surface area contributed by atoms with Gasteiger partial charge in [-0.3, -0.25) is 14.4 Å². The largest absolute Gasteiger partial charge is 0.461 e. The molecule has 2 aromatic rings. The minimum atomic E-state index is -1.41. The summed E-state index contributed by atoms with van der Waals surface area (Å²) in [6.45, 7) is 5.72. The number of esters is 1. The number of aryl methyl sites for hydroxylation is 2. The molecule has 6 rings (SSSR count). The highest BCUT2D eigenvalue weighted by Gasteiger charge is 2.75. The standard InChI is InChI=1S/C32H34N2O6/c1-20-10-7-11-21(2)26(20)33-16-8-15-32-24(25-30(38)39-17-9-14-31(25,3)40-32)28(36)34(27(32)29(33)37)23(19-35)18-22-12-5-4-6-13-22/h4-15,23-25,27,35H,16-19H2,1-3H3/t23-,24+,25-,27?,31+,32+/m1/s1. The van der Waals surface area contributed by atoms with E-state index in [1.54, 1.807) is 24.0 Å². The lowest BCUT2D eigenvalue weighted by molar-refractivity contribution is -0.157. The Morgan fingerprint density at radius 1 is 0.950 bits per heavy atom. The van der Waals surface area contributed by atoms with Gasteiger partial charge < -0.3 is 24.4 Å².